The zero-order valence-electron chi connectivity index (χ0n) is 22.3. The van der Waals surface area contributed by atoms with Gasteiger partial charge in [0, 0.05) is 27.8 Å². The lowest BCUT2D eigenvalue weighted by Crippen LogP contribution is -2.31. The molecule has 0 amide bonds. The first-order valence-electron chi connectivity index (χ1n) is 13.1. The summed E-state index contributed by atoms with van der Waals surface area (Å²) in [5.74, 6) is -0.300. The lowest BCUT2D eigenvalue weighted by molar-refractivity contribution is -0.661. The summed E-state index contributed by atoms with van der Waals surface area (Å²) in [5, 5.41) is 11.7. The Morgan fingerprint density at radius 3 is 2.41 bits per heavy atom. The van der Waals surface area contributed by atoms with E-state index in [9.17, 15) is 9.65 Å². The molecule has 0 fully saturated rings. The van der Waals surface area contributed by atoms with E-state index in [1.165, 1.54) is 34.5 Å². The third kappa shape index (κ3) is 3.23. The number of fused-ring (bicyclic) bond motifs is 6. The molecular formula is C35H26FN2O+. The number of halogens is 1. The van der Waals surface area contributed by atoms with Crippen molar-refractivity contribution >= 4 is 21.9 Å². The van der Waals surface area contributed by atoms with Gasteiger partial charge in [0.2, 0.25) is 11.9 Å². The molecule has 0 radical (unpaired) electrons. The number of aromatic nitrogens is 1. The zero-order valence-corrected chi connectivity index (χ0v) is 22.3. The number of hydrogen-bond acceptors (Lipinski definition) is 2. The van der Waals surface area contributed by atoms with E-state index in [2.05, 4.69) is 62.4 Å². The van der Waals surface area contributed by atoms with Gasteiger partial charge in [-0.3, -0.25) is 0 Å². The molecule has 0 saturated heterocycles. The van der Waals surface area contributed by atoms with Gasteiger partial charge in [0.25, 0.3) is 0 Å². The SMILES string of the molecule is Cc1ccc2c(oc3c(-c4ccc5c(c4)C(C)(C)c4ccccc4-5)ccc(C#N)c32)c1-c1ccc(F)c[n+]1C. The zero-order chi connectivity index (χ0) is 27.1. The van der Waals surface area contributed by atoms with Crippen LogP contribution in [0, 0.1) is 24.1 Å². The van der Waals surface area contributed by atoms with E-state index >= 15 is 0 Å². The van der Waals surface area contributed by atoms with Crippen LogP contribution in [0.5, 0.6) is 0 Å². The van der Waals surface area contributed by atoms with Gasteiger partial charge in [-0.25, -0.2) is 4.39 Å². The fourth-order valence-electron chi connectivity index (χ4n) is 6.39. The average Bonchev–Trinajstić information content (AvgIpc) is 3.42. The standard InChI is InChI=1S/C35H26FN2O/c1-20-9-13-27-32-22(18-37)11-14-24(33(32)39-34(27)31(20)30-16-12-23(36)19-38(30)4)21-10-15-26-25-7-5-6-8-28(25)35(2,3)29(26)17-21/h5-17,19H,1-4H3/q+1. The molecule has 2 heterocycles. The maximum Gasteiger partial charge on any atom is 0.216 e. The number of nitrogens with zero attached hydrogens (tertiary/aromatic N) is 2. The van der Waals surface area contributed by atoms with Crippen molar-refractivity contribution in [2.75, 3.05) is 0 Å². The first-order valence-corrected chi connectivity index (χ1v) is 13.1. The van der Waals surface area contributed by atoms with Gasteiger partial charge >= 0.3 is 0 Å². The highest BCUT2D eigenvalue weighted by molar-refractivity contribution is 6.15. The molecule has 3 nitrogen and oxygen atoms in total. The van der Waals surface area contributed by atoms with Gasteiger partial charge in [-0.05, 0) is 64.6 Å². The quantitative estimate of drug-likeness (QED) is 0.220. The van der Waals surface area contributed by atoms with E-state index in [0.717, 1.165) is 38.7 Å². The van der Waals surface area contributed by atoms with E-state index in [0.29, 0.717) is 16.7 Å². The van der Waals surface area contributed by atoms with Crippen LogP contribution in [0.25, 0.3) is 55.4 Å². The third-order valence-corrected chi connectivity index (χ3v) is 8.37. The monoisotopic (exact) mass is 509 g/mol. The number of nitriles is 1. The topological polar surface area (TPSA) is 40.8 Å². The second-order valence-electron chi connectivity index (χ2n) is 11.0. The van der Waals surface area contributed by atoms with E-state index in [-0.39, 0.29) is 11.2 Å². The summed E-state index contributed by atoms with van der Waals surface area (Å²) in [6.45, 7) is 6.57. The maximum atomic E-state index is 13.9. The van der Waals surface area contributed by atoms with Crippen LogP contribution in [0.4, 0.5) is 4.39 Å². The van der Waals surface area contributed by atoms with E-state index in [1.54, 1.807) is 10.6 Å². The van der Waals surface area contributed by atoms with E-state index < -0.39 is 0 Å². The molecule has 39 heavy (non-hydrogen) atoms. The smallest absolute Gasteiger partial charge is 0.216 e. The van der Waals surface area contributed by atoms with Crippen LogP contribution in [0.1, 0.15) is 36.1 Å². The van der Waals surface area contributed by atoms with Crippen LogP contribution in [0.15, 0.2) is 89.5 Å². The Balaban J connectivity index is 1.52. The van der Waals surface area contributed by atoms with Crippen molar-refractivity contribution in [1.29, 1.82) is 5.26 Å². The maximum absolute atomic E-state index is 13.9. The molecule has 0 spiro atoms. The number of hydrogen-bond donors (Lipinski definition) is 0. The van der Waals surface area contributed by atoms with Gasteiger partial charge in [-0.1, -0.05) is 62.4 Å². The van der Waals surface area contributed by atoms with E-state index in [1.807, 2.05) is 38.2 Å². The molecule has 0 N–H and O–H groups in total. The van der Waals surface area contributed by atoms with Gasteiger partial charge in [-0.15, -0.1) is 0 Å². The number of aryl methyl sites for hydroxylation is 2. The molecule has 6 aromatic rings. The first kappa shape index (κ1) is 23.4. The lowest BCUT2D eigenvalue weighted by atomic mass is 9.81. The van der Waals surface area contributed by atoms with Crippen LogP contribution in [0.2, 0.25) is 0 Å². The molecule has 0 aliphatic heterocycles. The van der Waals surface area contributed by atoms with Crippen molar-refractivity contribution < 1.29 is 13.4 Å². The van der Waals surface area contributed by atoms with Gasteiger partial charge in [0.15, 0.2) is 5.82 Å². The predicted octanol–water partition coefficient (Wildman–Crippen LogP) is 8.37. The molecule has 1 aliphatic rings. The van der Waals surface area contributed by atoms with Crippen molar-refractivity contribution in [3.05, 3.63) is 113 Å². The van der Waals surface area contributed by atoms with Crippen molar-refractivity contribution in [3.63, 3.8) is 0 Å². The molecule has 7 rings (SSSR count). The summed E-state index contributed by atoms with van der Waals surface area (Å²) >= 11 is 0. The Morgan fingerprint density at radius 1 is 0.846 bits per heavy atom. The second-order valence-corrected chi connectivity index (χ2v) is 11.0. The van der Waals surface area contributed by atoms with Crippen LogP contribution < -0.4 is 4.57 Å². The molecule has 188 valence electrons. The summed E-state index contributed by atoms with van der Waals surface area (Å²) in [6, 6.07) is 28.8. The summed E-state index contributed by atoms with van der Waals surface area (Å²) in [7, 11) is 1.83. The van der Waals surface area contributed by atoms with E-state index in [4.69, 9.17) is 4.42 Å². The molecule has 0 atom stereocenters. The Hall–Kier alpha value is -4.75. The first-order chi connectivity index (χ1) is 18.8. The summed E-state index contributed by atoms with van der Waals surface area (Å²) < 4.78 is 22.4. The molecule has 4 heteroatoms. The number of benzene rings is 4. The second kappa shape index (κ2) is 8.12. The highest BCUT2D eigenvalue weighted by atomic mass is 19.1. The van der Waals surface area contributed by atoms with Gasteiger partial charge in [-0.2, -0.15) is 9.83 Å². The molecular weight excluding hydrogens is 483 g/mol. The van der Waals surface area contributed by atoms with Crippen LogP contribution in [-0.2, 0) is 12.5 Å². The van der Waals surface area contributed by atoms with Crippen LogP contribution in [0.3, 0.4) is 0 Å². The number of furan rings is 1. The van der Waals surface area contributed by atoms with Crippen molar-refractivity contribution in [2.24, 2.45) is 7.05 Å². The average molecular weight is 510 g/mol. The minimum atomic E-state index is -0.300. The van der Waals surface area contributed by atoms with Crippen LogP contribution >= 0.6 is 0 Å². The van der Waals surface area contributed by atoms with Crippen LogP contribution in [-0.4, -0.2) is 0 Å². The molecule has 2 aromatic heterocycles. The molecule has 0 saturated carbocycles. The Morgan fingerprint density at radius 2 is 1.62 bits per heavy atom. The van der Waals surface area contributed by atoms with Crippen molar-refractivity contribution in [3.8, 4) is 39.6 Å². The Labute approximate surface area is 226 Å². The number of pyridine rings is 1. The number of rotatable bonds is 2. The summed E-state index contributed by atoms with van der Waals surface area (Å²) in [5.41, 5.74) is 11.7. The highest BCUT2D eigenvalue weighted by Crippen LogP contribution is 2.50. The minimum Gasteiger partial charge on any atom is -0.454 e. The highest BCUT2D eigenvalue weighted by Gasteiger charge is 2.35. The normalized spacial score (nSPS) is 13.4. The molecule has 1 aliphatic carbocycles. The van der Waals surface area contributed by atoms with Crippen molar-refractivity contribution in [2.45, 2.75) is 26.2 Å². The third-order valence-electron chi connectivity index (χ3n) is 8.37. The molecule has 4 aromatic carbocycles. The summed E-state index contributed by atoms with van der Waals surface area (Å²) in [4.78, 5) is 0. The predicted molar refractivity (Wildman–Crippen MR) is 153 cm³/mol. The minimum absolute atomic E-state index is 0.122. The van der Waals surface area contributed by atoms with Gasteiger partial charge < -0.3 is 4.42 Å². The van der Waals surface area contributed by atoms with Gasteiger partial charge in [0.1, 0.15) is 18.2 Å². The Bertz CT molecular complexity index is 2040. The fraction of sp³-hybridized carbons (Fsp3) is 0.143. The lowest BCUT2D eigenvalue weighted by Gasteiger charge is -2.22. The molecule has 0 unspecified atom stereocenters. The molecule has 0 bridgehead atoms. The van der Waals surface area contributed by atoms with Crippen molar-refractivity contribution in [1.82, 2.24) is 0 Å². The fourth-order valence-corrected chi connectivity index (χ4v) is 6.39. The summed E-state index contributed by atoms with van der Waals surface area (Å²) in [6.07, 6.45) is 1.46. The van der Waals surface area contributed by atoms with Gasteiger partial charge in [0.05, 0.1) is 17.2 Å². The Kier molecular flexibility index (Phi) is 4.87. The largest absolute Gasteiger partial charge is 0.454 e.